The third-order valence-electron chi connectivity index (χ3n) is 5.33. The lowest BCUT2D eigenvalue weighted by Gasteiger charge is -2.17. The van der Waals surface area contributed by atoms with Crippen LogP contribution in [0, 0.1) is 13.8 Å². The number of carbonyl (C=O) groups is 2. The molecule has 1 aliphatic heterocycles. The molecule has 1 N–H and O–H groups in total. The molecule has 0 aromatic heterocycles. The van der Waals surface area contributed by atoms with Crippen LogP contribution in [0.15, 0.2) is 72.4 Å². The molecule has 0 unspecified atom stereocenters. The molecule has 31 heavy (non-hydrogen) atoms. The summed E-state index contributed by atoms with van der Waals surface area (Å²) in [7, 11) is 1.55. The number of imide groups is 1. The number of carbonyl (C=O) groups excluding carboxylic acids is 2. The van der Waals surface area contributed by atoms with Crippen molar-refractivity contribution in [2.24, 2.45) is 0 Å². The summed E-state index contributed by atoms with van der Waals surface area (Å²) in [5, 5.41) is 3.69. The van der Waals surface area contributed by atoms with Crippen molar-refractivity contribution in [1.82, 2.24) is 0 Å². The Morgan fingerprint density at radius 3 is 2.26 bits per heavy atom. The van der Waals surface area contributed by atoms with Crippen molar-refractivity contribution in [2.45, 2.75) is 13.8 Å². The zero-order valence-electron chi connectivity index (χ0n) is 17.4. The summed E-state index contributed by atoms with van der Waals surface area (Å²) in [6.07, 6.45) is 0. The second kappa shape index (κ2) is 8.28. The van der Waals surface area contributed by atoms with Gasteiger partial charge in [0.2, 0.25) is 0 Å². The fourth-order valence-corrected chi connectivity index (χ4v) is 3.64. The van der Waals surface area contributed by atoms with Crippen LogP contribution in [-0.4, -0.2) is 18.9 Å². The molecule has 0 saturated carbocycles. The third kappa shape index (κ3) is 3.80. The van der Waals surface area contributed by atoms with E-state index in [1.165, 1.54) is 4.90 Å². The number of halogens is 1. The Kier molecular flexibility index (Phi) is 5.53. The molecule has 0 atom stereocenters. The Morgan fingerprint density at radius 2 is 1.58 bits per heavy atom. The molecule has 0 spiro atoms. The minimum Gasteiger partial charge on any atom is -0.495 e. The first-order chi connectivity index (χ1) is 14.9. The summed E-state index contributed by atoms with van der Waals surface area (Å²) in [6, 6.07) is 19.6. The average molecular weight is 433 g/mol. The van der Waals surface area contributed by atoms with Crippen LogP contribution in [0.4, 0.5) is 11.4 Å². The maximum atomic E-state index is 13.5. The average Bonchev–Trinajstić information content (AvgIpc) is 3.01. The van der Waals surface area contributed by atoms with Crippen molar-refractivity contribution in [3.05, 3.63) is 94.1 Å². The molecule has 3 aromatic rings. The molecule has 1 aliphatic rings. The lowest BCUT2D eigenvalue weighted by Crippen LogP contribution is -2.32. The number of nitrogens with one attached hydrogen (secondary N) is 1. The first-order valence-electron chi connectivity index (χ1n) is 9.77. The molecule has 0 saturated heterocycles. The highest BCUT2D eigenvalue weighted by Crippen LogP contribution is 2.36. The molecule has 4 rings (SSSR count). The summed E-state index contributed by atoms with van der Waals surface area (Å²) < 4.78 is 5.40. The standard InChI is InChI=1S/C25H21ClN2O3/c1-15-8-13-19(14-16(15)2)28-24(29)22(17-9-11-18(26)12-10-17)23(25(28)30)27-20-6-4-5-7-21(20)31-3/h4-14,27H,1-3H3. The Balaban J connectivity index is 1.84. The van der Waals surface area contributed by atoms with Gasteiger partial charge in [0.25, 0.3) is 11.8 Å². The Bertz CT molecular complexity index is 1220. The number of hydrogen-bond acceptors (Lipinski definition) is 4. The van der Waals surface area contributed by atoms with Crippen molar-refractivity contribution in [3.8, 4) is 5.75 Å². The van der Waals surface area contributed by atoms with Crippen molar-refractivity contribution in [3.63, 3.8) is 0 Å². The van der Waals surface area contributed by atoms with Crippen LogP contribution in [0.1, 0.15) is 16.7 Å². The highest BCUT2D eigenvalue weighted by Gasteiger charge is 2.40. The van der Waals surface area contributed by atoms with Gasteiger partial charge in [0.05, 0.1) is 24.1 Å². The van der Waals surface area contributed by atoms with Gasteiger partial charge in [-0.25, -0.2) is 4.90 Å². The zero-order chi connectivity index (χ0) is 22.1. The monoisotopic (exact) mass is 432 g/mol. The maximum absolute atomic E-state index is 13.5. The molecular formula is C25H21ClN2O3. The van der Waals surface area contributed by atoms with Crippen LogP contribution < -0.4 is 15.0 Å². The van der Waals surface area contributed by atoms with Crippen molar-refractivity contribution >= 4 is 40.4 Å². The largest absolute Gasteiger partial charge is 0.495 e. The van der Waals surface area contributed by atoms with Gasteiger partial charge in [-0.3, -0.25) is 9.59 Å². The minimum absolute atomic E-state index is 0.190. The van der Waals surface area contributed by atoms with E-state index >= 15 is 0 Å². The van der Waals surface area contributed by atoms with E-state index < -0.39 is 11.8 Å². The topological polar surface area (TPSA) is 58.6 Å². The first-order valence-corrected chi connectivity index (χ1v) is 10.1. The van der Waals surface area contributed by atoms with E-state index in [4.69, 9.17) is 16.3 Å². The molecule has 5 nitrogen and oxygen atoms in total. The molecule has 1 heterocycles. The molecular weight excluding hydrogens is 412 g/mol. The summed E-state index contributed by atoms with van der Waals surface area (Å²) in [6.45, 7) is 3.93. The number of benzene rings is 3. The number of ether oxygens (including phenoxy) is 1. The molecule has 0 aliphatic carbocycles. The van der Waals surface area contributed by atoms with E-state index in [-0.39, 0.29) is 11.3 Å². The predicted octanol–water partition coefficient (Wildman–Crippen LogP) is 5.36. The lowest BCUT2D eigenvalue weighted by molar-refractivity contribution is -0.120. The normalized spacial score (nSPS) is 13.7. The fourth-order valence-electron chi connectivity index (χ4n) is 3.51. The van der Waals surface area contributed by atoms with E-state index in [1.807, 2.05) is 38.1 Å². The minimum atomic E-state index is -0.427. The van der Waals surface area contributed by atoms with E-state index in [0.717, 1.165) is 11.1 Å². The van der Waals surface area contributed by atoms with Gasteiger partial charge in [-0.05, 0) is 66.9 Å². The number of rotatable bonds is 5. The quantitative estimate of drug-likeness (QED) is 0.551. The highest BCUT2D eigenvalue weighted by molar-refractivity contribution is 6.46. The van der Waals surface area contributed by atoms with Crippen molar-refractivity contribution < 1.29 is 14.3 Å². The summed E-state index contributed by atoms with van der Waals surface area (Å²) in [4.78, 5) is 28.2. The Labute approximate surface area is 185 Å². The smallest absolute Gasteiger partial charge is 0.282 e. The SMILES string of the molecule is COc1ccccc1NC1=C(c2ccc(Cl)cc2)C(=O)N(c2ccc(C)c(C)c2)C1=O. The van der Waals surface area contributed by atoms with Crippen LogP contribution in [0.2, 0.25) is 5.02 Å². The third-order valence-corrected chi connectivity index (χ3v) is 5.58. The number of para-hydroxylation sites is 2. The summed E-state index contributed by atoms with van der Waals surface area (Å²) >= 11 is 6.04. The van der Waals surface area contributed by atoms with Crippen LogP contribution in [-0.2, 0) is 9.59 Å². The molecule has 0 fully saturated rings. The highest BCUT2D eigenvalue weighted by atomic mass is 35.5. The fraction of sp³-hybridized carbons (Fsp3) is 0.120. The predicted molar refractivity (Wildman–Crippen MR) is 123 cm³/mol. The van der Waals surface area contributed by atoms with Gasteiger partial charge in [-0.1, -0.05) is 41.9 Å². The van der Waals surface area contributed by atoms with Gasteiger partial charge >= 0.3 is 0 Å². The Morgan fingerprint density at radius 1 is 0.871 bits per heavy atom. The molecule has 2 amide bonds. The van der Waals surface area contributed by atoms with Gasteiger partial charge in [-0.15, -0.1) is 0 Å². The lowest BCUT2D eigenvalue weighted by atomic mass is 10.0. The van der Waals surface area contributed by atoms with E-state index in [1.54, 1.807) is 49.6 Å². The van der Waals surface area contributed by atoms with Gasteiger partial charge < -0.3 is 10.1 Å². The van der Waals surface area contributed by atoms with Crippen LogP contribution in [0.25, 0.3) is 5.57 Å². The van der Waals surface area contributed by atoms with Crippen molar-refractivity contribution in [1.29, 1.82) is 0 Å². The van der Waals surface area contributed by atoms with E-state index in [2.05, 4.69) is 5.32 Å². The summed E-state index contributed by atoms with van der Waals surface area (Å²) in [5.41, 5.74) is 4.28. The van der Waals surface area contributed by atoms with Crippen LogP contribution in [0.3, 0.4) is 0 Å². The van der Waals surface area contributed by atoms with Gasteiger partial charge in [0.15, 0.2) is 0 Å². The number of methoxy groups -OCH3 is 1. The molecule has 3 aromatic carbocycles. The number of amides is 2. The molecule has 6 heteroatoms. The maximum Gasteiger partial charge on any atom is 0.282 e. The molecule has 0 radical (unpaired) electrons. The van der Waals surface area contributed by atoms with E-state index in [0.29, 0.717) is 27.7 Å². The van der Waals surface area contributed by atoms with Gasteiger partial charge in [0, 0.05) is 5.02 Å². The number of anilines is 2. The molecule has 156 valence electrons. The molecule has 0 bridgehead atoms. The first kappa shape index (κ1) is 20.7. The van der Waals surface area contributed by atoms with Crippen LogP contribution in [0.5, 0.6) is 5.75 Å². The second-order valence-corrected chi connectivity index (χ2v) is 7.73. The zero-order valence-corrected chi connectivity index (χ0v) is 18.2. The van der Waals surface area contributed by atoms with Gasteiger partial charge in [-0.2, -0.15) is 0 Å². The van der Waals surface area contributed by atoms with Crippen molar-refractivity contribution in [2.75, 3.05) is 17.3 Å². The number of hydrogen-bond donors (Lipinski definition) is 1. The number of aryl methyl sites for hydroxylation is 2. The van der Waals surface area contributed by atoms with Crippen LogP contribution >= 0.6 is 11.6 Å². The second-order valence-electron chi connectivity index (χ2n) is 7.30. The van der Waals surface area contributed by atoms with E-state index in [9.17, 15) is 9.59 Å². The summed E-state index contributed by atoms with van der Waals surface area (Å²) in [5.74, 6) is -0.257. The Hall–Kier alpha value is -3.57. The number of nitrogens with zero attached hydrogens (tertiary/aromatic N) is 1. The van der Waals surface area contributed by atoms with Gasteiger partial charge in [0.1, 0.15) is 11.4 Å².